The molecule has 2 heteroatoms. The van der Waals surface area contributed by atoms with E-state index in [0.717, 1.165) is 24.3 Å². The maximum Gasteiger partial charge on any atom is 0.138 e. The molecule has 2 rings (SSSR count). The molecule has 21 heavy (non-hydrogen) atoms. The first-order valence-corrected chi connectivity index (χ1v) is 8.02. The van der Waals surface area contributed by atoms with Crippen molar-refractivity contribution in [1.82, 2.24) is 5.32 Å². The Balaban J connectivity index is 2.63. The van der Waals surface area contributed by atoms with Crippen LogP contribution < -0.4 is 5.32 Å². The summed E-state index contributed by atoms with van der Waals surface area (Å²) in [6.45, 7) is 16.3. The molecule has 0 aliphatic heterocycles. The molecule has 0 spiro atoms. The molecule has 0 saturated heterocycles. The second kappa shape index (κ2) is 5.84. The second-order valence-corrected chi connectivity index (χ2v) is 7.33. The molecule has 2 aromatic rings. The van der Waals surface area contributed by atoms with Crippen molar-refractivity contribution in [3.63, 3.8) is 0 Å². The number of aryl methyl sites for hydroxylation is 2. The van der Waals surface area contributed by atoms with E-state index < -0.39 is 0 Å². The van der Waals surface area contributed by atoms with Crippen molar-refractivity contribution in [3.05, 3.63) is 34.6 Å². The number of fused-ring (bicyclic) bond motifs is 1. The van der Waals surface area contributed by atoms with Gasteiger partial charge in [0, 0.05) is 22.6 Å². The monoisotopic (exact) mass is 287 g/mol. The predicted octanol–water partition coefficient (Wildman–Crippen LogP) is 5.10. The molecule has 0 amide bonds. The fourth-order valence-corrected chi connectivity index (χ4v) is 2.83. The van der Waals surface area contributed by atoms with Crippen molar-refractivity contribution < 1.29 is 4.42 Å². The van der Waals surface area contributed by atoms with Gasteiger partial charge in [-0.1, -0.05) is 47.6 Å². The average Bonchev–Trinajstić information content (AvgIpc) is 2.71. The summed E-state index contributed by atoms with van der Waals surface area (Å²) in [5.41, 5.74) is 5.14. The Kier molecular flexibility index (Phi) is 4.48. The van der Waals surface area contributed by atoms with E-state index in [-0.39, 0.29) is 5.41 Å². The first-order valence-electron chi connectivity index (χ1n) is 8.02. The Morgan fingerprint density at radius 1 is 1.19 bits per heavy atom. The van der Waals surface area contributed by atoms with Gasteiger partial charge in [-0.3, -0.25) is 0 Å². The van der Waals surface area contributed by atoms with Gasteiger partial charge >= 0.3 is 0 Å². The number of benzene rings is 1. The van der Waals surface area contributed by atoms with E-state index in [9.17, 15) is 0 Å². The molecular formula is C19H29NO. The lowest BCUT2D eigenvalue weighted by atomic mass is 9.84. The van der Waals surface area contributed by atoms with Crippen LogP contribution in [-0.4, -0.2) is 6.04 Å². The number of rotatable bonds is 4. The van der Waals surface area contributed by atoms with Gasteiger partial charge in [-0.05, 0) is 30.4 Å². The van der Waals surface area contributed by atoms with Crippen molar-refractivity contribution in [3.8, 4) is 0 Å². The van der Waals surface area contributed by atoms with Gasteiger partial charge in [-0.25, -0.2) is 0 Å². The number of hydrogen-bond acceptors (Lipinski definition) is 2. The topological polar surface area (TPSA) is 25.2 Å². The van der Waals surface area contributed by atoms with Crippen LogP contribution in [0.15, 0.2) is 16.5 Å². The van der Waals surface area contributed by atoms with E-state index in [4.69, 9.17) is 4.42 Å². The minimum atomic E-state index is 0.0931. The highest BCUT2D eigenvalue weighted by atomic mass is 16.3. The first kappa shape index (κ1) is 16.1. The summed E-state index contributed by atoms with van der Waals surface area (Å²) in [6.07, 6.45) is 1.01. The molecule has 0 atom stereocenters. The van der Waals surface area contributed by atoms with Crippen LogP contribution in [0.4, 0.5) is 0 Å². The minimum absolute atomic E-state index is 0.0931. The minimum Gasteiger partial charge on any atom is -0.459 e. The van der Waals surface area contributed by atoms with E-state index in [2.05, 4.69) is 65.9 Å². The molecule has 0 unspecified atom stereocenters. The van der Waals surface area contributed by atoms with Crippen LogP contribution in [0.2, 0.25) is 0 Å². The highest BCUT2D eigenvalue weighted by molar-refractivity contribution is 5.86. The Bertz CT molecular complexity index is 629. The Morgan fingerprint density at radius 2 is 1.86 bits per heavy atom. The lowest BCUT2D eigenvalue weighted by Crippen LogP contribution is -2.22. The zero-order valence-corrected chi connectivity index (χ0v) is 14.6. The normalized spacial score (nSPS) is 12.6. The fourth-order valence-electron chi connectivity index (χ4n) is 2.83. The zero-order chi connectivity index (χ0) is 15.8. The second-order valence-electron chi connectivity index (χ2n) is 7.33. The number of furan rings is 1. The van der Waals surface area contributed by atoms with Crippen molar-refractivity contribution in [2.24, 2.45) is 0 Å². The van der Waals surface area contributed by atoms with Crippen LogP contribution >= 0.6 is 0 Å². The molecule has 1 heterocycles. The molecule has 0 saturated carbocycles. The predicted molar refractivity (Wildman–Crippen MR) is 91.0 cm³/mol. The Labute approximate surface area is 128 Å². The molecule has 0 bridgehead atoms. The van der Waals surface area contributed by atoms with Crippen molar-refractivity contribution in [1.29, 1.82) is 0 Å². The van der Waals surface area contributed by atoms with Gasteiger partial charge in [0.1, 0.15) is 11.3 Å². The van der Waals surface area contributed by atoms with E-state index in [1.165, 1.54) is 22.1 Å². The van der Waals surface area contributed by atoms with Gasteiger partial charge in [-0.15, -0.1) is 0 Å². The molecule has 0 aliphatic rings. The largest absolute Gasteiger partial charge is 0.459 e. The molecule has 0 radical (unpaired) electrons. The summed E-state index contributed by atoms with van der Waals surface area (Å²) >= 11 is 0. The summed E-state index contributed by atoms with van der Waals surface area (Å²) in [5, 5.41) is 4.77. The molecule has 0 fully saturated rings. The number of hydrogen-bond donors (Lipinski definition) is 1. The van der Waals surface area contributed by atoms with E-state index >= 15 is 0 Å². The van der Waals surface area contributed by atoms with Crippen LogP contribution in [0.5, 0.6) is 0 Å². The molecular weight excluding hydrogens is 258 g/mol. The molecule has 2 nitrogen and oxygen atoms in total. The van der Waals surface area contributed by atoms with Crippen molar-refractivity contribution in [2.45, 2.75) is 72.9 Å². The molecule has 1 aromatic heterocycles. The summed E-state index contributed by atoms with van der Waals surface area (Å²) in [7, 11) is 0. The highest BCUT2D eigenvalue weighted by Gasteiger charge is 2.23. The molecule has 0 aliphatic carbocycles. The van der Waals surface area contributed by atoms with Gasteiger partial charge < -0.3 is 9.73 Å². The van der Waals surface area contributed by atoms with E-state index in [1.54, 1.807) is 0 Å². The quantitative estimate of drug-likeness (QED) is 0.846. The lowest BCUT2D eigenvalue weighted by Gasteiger charge is -2.20. The standard InChI is InChI=1S/C19H29NO/c1-8-14-15-9-13(4)10-16(19(5,6)7)18(15)21-17(14)11-20-12(2)3/h9-10,12,20H,8,11H2,1-7H3. The Morgan fingerprint density at radius 3 is 2.38 bits per heavy atom. The van der Waals surface area contributed by atoms with E-state index in [0.29, 0.717) is 6.04 Å². The summed E-state index contributed by atoms with van der Waals surface area (Å²) in [5.74, 6) is 1.09. The SMILES string of the molecule is CCc1c(CNC(C)C)oc2c(C(C)(C)C)cc(C)cc12. The lowest BCUT2D eigenvalue weighted by molar-refractivity contribution is 0.476. The third-order valence-electron chi connectivity index (χ3n) is 3.95. The molecule has 116 valence electrons. The van der Waals surface area contributed by atoms with Crippen LogP contribution in [0.1, 0.15) is 64.0 Å². The van der Waals surface area contributed by atoms with Crippen LogP contribution in [0.25, 0.3) is 11.0 Å². The third-order valence-corrected chi connectivity index (χ3v) is 3.95. The summed E-state index contributed by atoms with van der Waals surface area (Å²) in [4.78, 5) is 0. The summed E-state index contributed by atoms with van der Waals surface area (Å²) < 4.78 is 6.29. The average molecular weight is 287 g/mol. The first-order chi connectivity index (χ1) is 9.74. The van der Waals surface area contributed by atoms with Crippen molar-refractivity contribution >= 4 is 11.0 Å². The van der Waals surface area contributed by atoms with Crippen molar-refractivity contribution in [2.75, 3.05) is 0 Å². The molecule has 1 aromatic carbocycles. The smallest absolute Gasteiger partial charge is 0.138 e. The fraction of sp³-hybridized carbons (Fsp3) is 0.579. The maximum atomic E-state index is 6.29. The Hall–Kier alpha value is -1.28. The van der Waals surface area contributed by atoms with Gasteiger partial charge in [0.2, 0.25) is 0 Å². The van der Waals surface area contributed by atoms with Crippen LogP contribution in [-0.2, 0) is 18.4 Å². The van der Waals surface area contributed by atoms with Gasteiger partial charge in [0.05, 0.1) is 6.54 Å². The van der Waals surface area contributed by atoms with Gasteiger partial charge in [0.15, 0.2) is 0 Å². The van der Waals surface area contributed by atoms with Crippen LogP contribution in [0.3, 0.4) is 0 Å². The summed E-state index contributed by atoms with van der Waals surface area (Å²) in [6, 6.07) is 5.00. The maximum absolute atomic E-state index is 6.29. The van der Waals surface area contributed by atoms with E-state index in [1.807, 2.05) is 0 Å². The van der Waals surface area contributed by atoms with Gasteiger partial charge in [-0.2, -0.15) is 0 Å². The molecule has 1 N–H and O–H groups in total. The zero-order valence-electron chi connectivity index (χ0n) is 14.6. The van der Waals surface area contributed by atoms with Gasteiger partial charge in [0.25, 0.3) is 0 Å². The van der Waals surface area contributed by atoms with Crippen LogP contribution in [0, 0.1) is 6.92 Å². The number of nitrogens with one attached hydrogen (secondary N) is 1. The highest BCUT2D eigenvalue weighted by Crippen LogP contribution is 2.36. The third kappa shape index (κ3) is 3.32.